The Morgan fingerprint density at radius 1 is 0.955 bits per heavy atom. The fraction of sp³-hybridized carbons (Fsp3) is 0.176. The summed E-state index contributed by atoms with van der Waals surface area (Å²) in [6.45, 7) is 0.687. The van der Waals surface area contributed by atoms with Gasteiger partial charge in [0.25, 0.3) is 0 Å². The van der Waals surface area contributed by atoms with E-state index in [-0.39, 0.29) is 0 Å². The second kappa shape index (κ2) is 7.24. The summed E-state index contributed by atoms with van der Waals surface area (Å²) >= 11 is 1.65. The van der Waals surface area contributed by atoms with Gasteiger partial charge in [-0.25, -0.2) is 0 Å². The highest BCUT2D eigenvalue weighted by Gasteiger charge is 2.15. The molecule has 0 aliphatic carbocycles. The number of rotatable bonds is 6. The molecule has 0 bridgehead atoms. The van der Waals surface area contributed by atoms with Gasteiger partial charge >= 0.3 is 0 Å². The van der Waals surface area contributed by atoms with Gasteiger partial charge in [0, 0.05) is 24.1 Å². The first-order valence-electron chi connectivity index (χ1n) is 7.08. The summed E-state index contributed by atoms with van der Waals surface area (Å²) < 4.78 is 7.22. The Hall–Kier alpha value is -2.11. The predicted octanol–water partition coefficient (Wildman–Crippen LogP) is 3.67. The number of hydrogen-bond donors (Lipinski definition) is 0. The largest absolute Gasteiger partial charge is 0.384 e. The summed E-state index contributed by atoms with van der Waals surface area (Å²) in [5, 5.41) is 9.63. The van der Waals surface area contributed by atoms with Gasteiger partial charge in [-0.3, -0.25) is 4.57 Å². The molecule has 0 aliphatic heterocycles. The first kappa shape index (κ1) is 14.8. The molecule has 5 heteroatoms. The van der Waals surface area contributed by atoms with E-state index in [1.165, 1.54) is 0 Å². The maximum absolute atomic E-state index is 5.12. The highest BCUT2D eigenvalue weighted by molar-refractivity contribution is 7.99. The number of methoxy groups -OCH3 is 1. The molecule has 0 atom stereocenters. The van der Waals surface area contributed by atoms with Crippen LogP contribution >= 0.6 is 11.8 Å². The Kier molecular flexibility index (Phi) is 4.88. The number of thioether (sulfide) groups is 1. The minimum absolute atomic E-state index is 0.687. The second-order valence-electron chi connectivity index (χ2n) is 4.68. The van der Waals surface area contributed by atoms with Crippen molar-refractivity contribution >= 4 is 11.8 Å². The number of para-hydroxylation sites is 1. The fourth-order valence-corrected chi connectivity index (χ4v) is 3.02. The molecule has 3 rings (SSSR count). The van der Waals surface area contributed by atoms with Crippen LogP contribution in [0.1, 0.15) is 0 Å². The van der Waals surface area contributed by atoms with E-state index in [9.17, 15) is 0 Å². The van der Waals surface area contributed by atoms with Crippen LogP contribution in [0.3, 0.4) is 0 Å². The van der Waals surface area contributed by atoms with Crippen molar-refractivity contribution in [3.05, 3.63) is 60.7 Å². The Bertz CT molecular complexity index is 713. The van der Waals surface area contributed by atoms with E-state index in [4.69, 9.17) is 4.74 Å². The highest BCUT2D eigenvalue weighted by Crippen LogP contribution is 2.27. The number of nitrogens with zero attached hydrogens (tertiary/aromatic N) is 3. The average molecular weight is 311 g/mol. The van der Waals surface area contributed by atoms with E-state index in [1.54, 1.807) is 18.9 Å². The number of benzene rings is 2. The zero-order valence-corrected chi connectivity index (χ0v) is 13.2. The van der Waals surface area contributed by atoms with Gasteiger partial charge in [0.15, 0.2) is 11.0 Å². The number of ether oxygens (including phenoxy) is 1. The first-order chi connectivity index (χ1) is 10.9. The van der Waals surface area contributed by atoms with Crippen LogP contribution < -0.4 is 0 Å². The molecule has 0 saturated carbocycles. The van der Waals surface area contributed by atoms with Crippen molar-refractivity contribution in [1.82, 2.24) is 14.8 Å². The van der Waals surface area contributed by atoms with Gasteiger partial charge in [-0.2, -0.15) is 0 Å². The van der Waals surface area contributed by atoms with Crippen LogP contribution in [-0.2, 0) is 4.74 Å². The van der Waals surface area contributed by atoms with Crippen LogP contribution in [0.25, 0.3) is 17.1 Å². The third kappa shape index (κ3) is 3.21. The Balaban J connectivity index is 2.04. The molecule has 0 radical (unpaired) electrons. The van der Waals surface area contributed by atoms with Crippen molar-refractivity contribution in [1.29, 1.82) is 0 Å². The predicted molar refractivity (Wildman–Crippen MR) is 89.4 cm³/mol. The summed E-state index contributed by atoms with van der Waals surface area (Å²) in [4.78, 5) is 0. The molecule has 3 aromatic rings. The van der Waals surface area contributed by atoms with Crippen molar-refractivity contribution < 1.29 is 4.74 Å². The lowest BCUT2D eigenvalue weighted by atomic mass is 10.2. The Morgan fingerprint density at radius 2 is 1.64 bits per heavy atom. The van der Waals surface area contributed by atoms with E-state index in [1.807, 2.05) is 48.5 Å². The molecule has 22 heavy (non-hydrogen) atoms. The van der Waals surface area contributed by atoms with Crippen molar-refractivity contribution in [3.63, 3.8) is 0 Å². The van der Waals surface area contributed by atoms with Gasteiger partial charge in [0.05, 0.1) is 6.61 Å². The molecule has 0 amide bonds. The van der Waals surface area contributed by atoms with Gasteiger partial charge in [0.1, 0.15) is 0 Å². The van der Waals surface area contributed by atoms with Crippen LogP contribution in [0.15, 0.2) is 65.8 Å². The van der Waals surface area contributed by atoms with Crippen LogP contribution in [-0.4, -0.2) is 34.2 Å². The summed E-state index contributed by atoms with van der Waals surface area (Å²) in [6.07, 6.45) is 0. The first-order valence-corrected chi connectivity index (χ1v) is 8.06. The third-order valence-electron chi connectivity index (χ3n) is 3.20. The third-order valence-corrected chi connectivity index (χ3v) is 4.09. The molecule has 0 fully saturated rings. The molecule has 2 aromatic carbocycles. The van der Waals surface area contributed by atoms with Crippen LogP contribution in [0.2, 0.25) is 0 Å². The molecule has 0 saturated heterocycles. The van der Waals surface area contributed by atoms with E-state index < -0.39 is 0 Å². The van der Waals surface area contributed by atoms with Gasteiger partial charge in [-0.1, -0.05) is 60.3 Å². The minimum Gasteiger partial charge on any atom is -0.384 e. The summed E-state index contributed by atoms with van der Waals surface area (Å²) in [5.41, 5.74) is 2.11. The summed E-state index contributed by atoms with van der Waals surface area (Å²) in [7, 11) is 1.71. The molecule has 0 aliphatic rings. The molecule has 0 N–H and O–H groups in total. The molecule has 0 spiro atoms. The van der Waals surface area contributed by atoms with Gasteiger partial charge in [-0.15, -0.1) is 10.2 Å². The molecule has 4 nitrogen and oxygen atoms in total. The van der Waals surface area contributed by atoms with Crippen LogP contribution in [0.4, 0.5) is 0 Å². The Labute approximate surface area is 134 Å². The van der Waals surface area contributed by atoms with E-state index in [2.05, 4.69) is 26.9 Å². The molecule has 112 valence electrons. The normalized spacial score (nSPS) is 10.8. The lowest BCUT2D eigenvalue weighted by Crippen LogP contribution is -2.01. The molecular formula is C17H17N3OS. The lowest BCUT2D eigenvalue weighted by molar-refractivity contribution is 0.218. The maximum atomic E-state index is 5.12. The highest BCUT2D eigenvalue weighted by atomic mass is 32.2. The molecular weight excluding hydrogens is 294 g/mol. The zero-order chi connectivity index (χ0) is 15.2. The Morgan fingerprint density at radius 3 is 2.32 bits per heavy atom. The quantitative estimate of drug-likeness (QED) is 0.514. The van der Waals surface area contributed by atoms with Gasteiger partial charge < -0.3 is 4.74 Å². The topological polar surface area (TPSA) is 39.9 Å². The molecule has 1 aromatic heterocycles. The van der Waals surface area contributed by atoms with Crippen molar-refractivity contribution in [3.8, 4) is 17.1 Å². The fourth-order valence-electron chi connectivity index (χ4n) is 2.16. The summed E-state index contributed by atoms with van der Waals surface area (Å²) in [5.74, 6) is 1.70. The second-order valence-corrected chi connectivity index (χ2v) is 5.75. The number of hydrogen-bond acceptors (Lipinski definition) is 4. The van der Waals surface area contributed by atoms with Crippen LogP contribution in [0.5, 0.6) is 0 Å². The molecule has 1 heterocycles. The van der Waals surface area contributed by atoms with E-state index in [0.717, 1.165) is 28.0 Å². The molecule has 0 unspecified atom stereocenters. The monoisotopic (exact) mass is 311 g/mol. The van der Waals surface area contributed by atoms with Crippen molar-refractivity contribution in [2.75, 3.05) is 19.5 Å². The SMILES string of the molecule is COCCSc1nnc(-c2ccccc2)n1-c1ccccc1. The average Bonchev–Trinajstić information content (AvgIpc) is 3.01. The minimum atomic E-state index is 0.687. The smallest absolute Gasteiger partial charge is 0.196 e. The van der Waals surface area contributed by atoms with Crippen molar-refractivity contribution in [2.45, 2.75) is 5.16 Å². The van der Waals surface area contributed by atoms with E-state index >= 15 is 0 Å². The van der Waals surface area contributed by atoms with E-state index in [0.29, 0.717) is 6.61 Å². The number of aromatic nitrogens is 3. The standard InChI is InChI=1S/C17H17N3OS/c1-21-12-13-22-17-19-18-16(14-8-4-2-5-9-14)20(17)15-10-6-3-7-11-15/h2-11H,12-13H2,1H3. The van der Waals surface area contributed by atoms with Crippen molar-refractivity contribution in [2.24, 2.45) is 0 Å². The summed E-state index contributed by atoms with van der Waals surface area (Å²) in [6, 6.07) is 20.3. The maximum Gasteiger partial charge on any atom is 0.196 e. The lowest BCUT2D eigenvalue weighted by Gasteiger charge is -2.10. The van der Waals surface area contributed by atoms with Crippen LogP contribution in [0, 0.1) is 0 Å². The van der Waals surface area contributed by atoms with Gasteiger partial charge in [0.2, 0.25) is 0 Å². The van der Waals surface area contributed by atoms with Gasteiger partial charge in [-0.05, 0) is 12.1 Å². The zero-order valence-electron chi connectivity index (χ0n) is 12.3.